The first-order valence-corrected chi connectivity index (χ1v) is 6.66. The van der Waals surface area contributed by atoms with Crippen molar-refractivity contribution in [3.05, 3.63) is 24.0 Å². The molecule has 100 valence electrons. The molecule has 0 saturated carbocycles. The number of hydrogen-bond donors (Lipinski definition) is 3. The first-order valence-electron chi connectivity index (χ1n) is 5.18. The molecule has 4 N–H and O–H groups in total. The van der Waals surface area contributed by atoms with E-state index in [1.807, 2.05) is 0 Å². The third-order valence-corrected chi connectivity index (χ3v) is 3.48. The molecule has 0 unspecified atom stereocenters. The van der Waals surface area contributed by atoms with Crippen molar-refractivity contribution in [2.24, 2.45) is 0 Å². The van der Waals surface area contributed by atoms with Gasteiger partial charge >= 0.3 is 0 Å². The van der Waals surface area contributed by atoms with Crippen LogP contribution in [-0.2, 0) is 14.8 Å². The summed E-state index contributed by atoms with van der Waals surface area (Å²) in [5.41, 5.74) is 5.10. The van der Waals surface area contributed by atoms with E-state index in [9.17, 15) is 17.6 Å². The number of nitrogen functional groups attached to an aromatic ring is 1. The van der Waals surface area contributed by atoms with Gasteiger partial charge in [0.15, 0.2) is 0 Å². The SMILES string of the molecule is CCNC(=O)CNS(=O)(=O)c1ccc(N)c(F)c1. The second-order valence-electron chi connectivity index (χ2n) is 3.46. The Morgan fingerprint density at radius 3 is 2.67 bits per heavy atom. The zero-order chi connectivity index (χ0) is 13.8. The summed E-state index contributed by atoms with van der Waals surface area (Å²) >= 11 is 0. The van der Waals surface area contributed by atoms with E-state index in [0.29, 0.717) is 6.54 Å². The quantitative estimate of drug-likeness (QED) is 0.649. The molecule has 6 nitrogen and oxygen atoms in total. The first-order chi connectivity index (χ1) is 8.36. The molecule has 1 rings (SSSR count). The van der Waals surface area contributed by atoms with Crippen molar-refractivity contribution in [2.75, 3.05) is 18.8 Å². The van der Waals surface area contributed by atoms with Gasteiger partial charge in [0.25, 0.3) is 0 Å². The fraction of sp³-hybridized carbons (Fsp3) is 0.300. The van der Waals surface area contributed by atoms with E-state index in [0.717, 1.165) is 12.1 Å². The van der Waals surface area contributed by atoms with Crippen LogP contribution in [0.5, 0.6) is 0 Å². The minimum Gasteiger partial charge on any atom is -0.396 e. The number of sulfonamides is 1. The van der Waals surface area contributed by atoms with Gasteiger partial charge < -0.3 is 11.1 Å². The second-order valence-corrected chi connectivity index (χ2v) is 5.23. The highest BCUT2D eigenvalue weighted by Gasteiger charge is 2.16. The van der Waals surface area contributed by atoms with Crippen LogP contribution < -0.4 is 15.8 Å². The fourth-order valence-electron chi connectivity index (χ4n) is 1.18. The maximum atomic E-state index is 13.1. The molecular weight excluding hydrogens is 261 g/mol. The predicted molar refractivity (Wildman–Crippen MR) is 64.7 cm³/mol. The van der Waals surface area contributed by atoms with Crippen LogP contribution in [0.15, 0.2) is 23.1 Å². The molecule has 0 aliphatic rings. The third kappa shape index (κ3) is 3.67. The van der Waals surface area contributed by atoms with Gasteiger partial charge in [-0.3, -0.25) is 4.79 Å². The number of halogens is 1. The van der Waals surface area contributed by atoms with Gasteiger partial charge in [-0.25, -0.2) is 17.5 Å². The molecule has 0 atom stereocenters. The summed E-state index contributed by atoms with van der Waals surface area (Å²) in [4.78, 5) is 10.8. The van der Waals surface area contributed by atoms with Crippen molar-refractivity contribution in [3.63, 3.8) is 0 Å². The number of hydrogen-bond acceptors (Lipinski definition) is 4. The topological polar surface area (TPSA) is 101 Å². The summed E-state index contributed by atoms with van der Waals surface area (Å²) in [7, 11) is -3.92. The Labute approximate surface area is 104 Å². The van der Waals surface area contributed by atoms with Crippen LogP contribution in [0.2, 0.25) is 0 Å². The number of likely N-dealkylation sites (N-methyl/N-ethyl adjacent to an activating group) is 1. The molecule has 0 heterocycles. The number of nitrogens with two attached hydrogens (primary N) is 1. The Morgan fingerprint density at radius 2 is 2.11 bits per heavy atom. The van der Waals surface area contributed by atoms with Gasteiger partial charge in [-0.2, -0.15) is 0 Å². The van der Waals surface area contributed by atoms with Gasteiger partial charge in [0.05, 0.1) is 17.1 Å². The largest absolute Gasteiger partial charge is 0.396 e. The van der Waals surface area contributed by atoms with E-state index in [2.05, 4.69) is 10.0 Å². The number of rotatable bonds is 5. The Hall–Kier alpha value is -1.67. The molecule has 0 radical (unpaired) electrons. The lowest BCUT2D eigenvalue weighted by Crippen LogP contribution is -2.36. The van der Waals surface area contributed by atoms with E-state index in [4.69, 9.17) is 5.73 Å². The van der Waals surface area contributed by atoms with Crippen LogP contribution in [0.3, 0.4) is 0 Å². The number of anilines is 1. The summed E-state index contributed by atoms with van der Waals surface area (Å²) in [5.74, 6) is -1.28. The Morgan fingerprint density at radius 1 is 1.44 bits per heavy atom. The van der Waals surface area contributed by atoms with Crippen molar-refractivity contribution in [1.82, 2.24) is 10.0 Å². The molecule has 1 aromatic rings. The molecule has 1 aromatic carbocycles. The second kappa shape index (κ2) is 5.78. The maximum Gasteiger partial charge on any atom is 0.241 e. The van der Waals surface area contributed by atoms with Crippen molar-refractivity contribution in [3.8, 4) is 0 Å². The van der Waals surface area contributed by atoms with Crippen molar-refractivity contribution in [1.29, 1.82) is 0 Å². The van der Waals surface area contributed by atoms with Crippen LogP contribution in [0.4, 0.5) is 10.1 Å². The van der Waals surface area contributed by atoms with Crippen molar-refractivity contribution < 1.29 is 17.6 Å². The molecule has 0 aliphatic heterocycles. The van der Waals surface area contributed by atoms with Gasteiger partial charge in [-0.05, 0) is 25.1 Å². The smallest absolute Gasteiger partial charge is 0.241 e. The molecule has 1 amide bonds. The number of carbonyl (C=O) groups excluding carboxylic acids is 1. The van der Waals surface area contributed by atoms with Crippen LogP contribution in [0.25, 0.3) is 0 Å². The van der Waals surface area contributed by atoms with Crippen LogP contribution in [0, 0.1) is 5.82 Å². The normalized spacial score (nSPS) is 11.2. The Bertz CT molecular complexity index is 545. The van der Waals surface area contributed by atoms with Crippen LogP contribution >= 0.6 is 0 Å². The molecular formula is C10H14FN3O3S. The number of benzene rings is 1. The maximum absolute atomic E-state index is 13.1. The number of carbonyl (C=O) groups is 1. The highest BCUT2D eigenvalue weighted by molar-refractivity contribution is 7.89. The highest BCUT2D eigenvalue weighted by atomic mass is 32.2. The number of nitrogens with one attached hydrogen (secondary N) is 2. The fourth-order valence-corrected chi connectivity index (χ4v) is 2.17. The summed E-state index contributed by atoms with van der Waals surface area (Å²) < 4.78 is 38.6. The van der Waals surface area contributed by atoms with Gasteiger partial charge in [0.2, 0.25) is 15.9 Å². The molecule has 0 fully saturated rings. The molecule has 0 spiro atoms. The monoisotopic (exact) mass is 275 g/mol. The molecule has 0 saturated heterocycles. The summed E-state index contributed by atoms with van der Waals surface area (Å²) in [6.45, 7) is 1.71. The van der Waals surface area contributed by atoms with Crippen LogP contribution in [-0.4, -0.2) is 27.4 Å². The van der Waals surface area contributed by atoms with Gasteiger partial charge in [0, 0.05) is 6.54 Å². The summed E-state index contributed by atoms with van der Waals surface area (Å²) in [6.07, 6.45) is 0. The standard InChI is InChI=1S/C10H14FN3O3S/c1-2-13-10(15)6-14-18(16,17)7-3-4-9(12)8(11)5-7/h3-5,14H,2,6,12H2,1H3,(H,13,15). The van der Waals surface area contributed by atoms with E-state index < -0.39 is 28.3 Å². The predicted octanol–water partition coefficient (Wildman–Crippen LogP) is -0.178. The average molecular weight is 275 g/mol. The number of amides is 1. The first kappa shape index (κ1) is 14.4. The van der Waals surface area contributed by atoms with Gasteiger partial charge in [0.1, 0.15) is 5.82 Å². The highest BCUT2D eigenvalue weighted by Crippen LogP contribution is 2.15. The lowest BCUT2D eigenvalue weighted by molar-refractivity contribution is -0.119. The minimum atomic E-state index is -3.92. The van der Waals surface area contributed by atoms with E-state index in [1.54, 1.807) is 6.92 Å². The average Bonchev–Trinajstić information content (AvgIpc) is 2.30. The third-order valence-electron chi connectivity index (χ3n) is 2.08. The zero-order valence-electron chi connectivity index (χ0n) is 9.73. The minimum absolute atomic E-state index is 0.141. The van der Waals surface area contributed by atoms with Crippen molar-refractivity contribution >= 4 is 21.6 Å². The van der Waals surface area contributed by atoms with Gasteiger partial charge in [-0.15, -0.1) is 0 Å². The Kier molecular flexibility index (Phi) is 4.62. The molecule has 18 heavy (non-hydrogen) atoms. The molecule has 0 bridgehead atoms. The lowest BCUT2D eigenvalue weighted by atomic mass is 10.3. The van der Waals surface area contributed by atoms with E-state index in [-0.39, 0.29) is 10.6 Å². The summed E-state index contributed by atoms with van der Waals surface area (Å²) in [5, 5.41) is 2.43. The molecule has 0 aromatic heterocycles. The zero-order valence-corrected chi connectivity index (χ0v) is 10.6. The van der Waals surface area contributed by atoms with Crippen molar-refractivity contribution in [2.45, 2.75) is 11.8 Å². The lowest BCUT2D eigenvalue weighted by Gasteiger charge is -2.07. The van der Waals surface area contributed by atoms with E-state index >= 15 is 0 Å². The Balaban J connectivity index is 2.80. The van der Waals surface area contributed by atoms with E-state index in [1.165, 1.54) is 6.07 Å². The van der Waals surface area contributed by atoms with Crippen LogP contribution in [0.1, 0.15) is 6.92 Å². The molecule has 8 heteroatoms. The summed E-state index contributed by atoms with van der Waals surface area (Å²) in [6, 6.07) is 3.11. The van der Waals surface area contributed by atoms with Gasteiger partial charge in [-0.1, -0.05) is 0 Å². The molecule has 0 aliphatic carbocycles.